The number of hydrogen-bond acceptors (Lipinski definition) is 0. The van der Waals surface area contributed by atoms with E-state index in [0.29, 0.717) is 0 Å². The van der Waals surface area contributed by atoms with Crippen molar-refractivity contribution in [2.75, 3.05) is 0 Å². The molecular formula is C18H28Br2N2. The van der Waals surface area contributed by atoms with Crippen LogP contribution >= 0.6 is 0 Å². The number of pyridine rings is 1. The van der Waals surface area contributed by atoms with E-state index in [9.17, 15) is 0 Å². The van der Waals surface area contributed by atoms with E-state index in [2.05, 4.69) is 93.9 Å². The number of hydrogen-bond donors (Lipinski definition) is 0. The average molecular weight is 432 g/mol. The largest absolute Gasteiger partial charge is 1.00 e. The summed E-state index contributed by atoms with van der Waals surface area (Å²) in [6, 6.07) is 6.15. The zero-order valence-electron chi connectivity index (χ0n) is 14.5. The van der Waals surface area contributed by atoms with E-state index in [1.54, 1.807) is 0 Å². The van der Waals surface area contributed by atoms with Gasteiger partial charge in [0.05, 0.1) is 4.68 Å². The minimum atomic E-state index is 0. The highest BCUT2D eigenvalue weighted by Gasteiger charge is 2.51. The molecule has 0 atom stereocenters. The minimum Gasteiger partial charge on any atom is -1.00 e. The molecule has 1 aliphatic rings. The quantitative estimate of drug-likeness (QED) is 0.446. The lowest BCUT2D eigenvalue weighted by Crippen LogP contribution is -3.00. The van der Waals surface area contributed by atoms with Crippen molar-refractivity contribution in [1.29, 1.82) is 0 Å². The number of allylic oxidation sites excluding steroid dienone is 1. The molecule has 1 aromatic heterocycles. The Labute approximate surface area is 156 Å². The van der Waals surface area contributed by atoms with E-state index in [4.69, 9.17) is 0 Å². The van der Waals surface area contributed by atoms with Gasteiger partial charge in [0.25, 0.3) is 0 Å². The van der Waals surface area contributed by atoms with Gasteiger partial charge in [-0.2, -0.15) is 0 Å². The van der Waals surface area contributed by atoms with Crippen LogP contribution in [0.2, 0.25) is 0 Å². The molecule has 124 valence electrons. The molecule has 0 bridgehead atoms. The van der Waals surface area contributed by atoms with Crippen molar-refractivity contribution in [3.05, 3.63) is 42.9 Å². The third-order valence-electron chi connectivity index (χ3n) is 4.76. The van der Waals surface area contributed by atoms with Crippen LogP contribution in [0.4, 0.5) is 0 Å². The highest BCUT2D eigenvalue weighted by Crippen LogP contribution is 2.55. The Hall–Kier alpha value is -0.480. The maximum Gasteiger partial charge on any atom is 0.242 e. The molecule has 0 aromatic carbocycles. The molecule has 2 heterocycles. The standard InChI is InChI=1S/C18H28N2.2BrH/c1-16(2,3)18(17(4,5)6)10-14-20(15-11-18)19-12-8-7-9-13-19;;/h7-10,12-15H,11H2,1-6H3;2*1H/q+2;;/p-2. The van der Waals surface area contributed by atoms with Crippen LogP contribution < -0.4 is 38.6 Å². The zero-order chi connectivity index (χ0) is 15.0. The van der Waals surface area contributed by atoms with Gasteiger partial charge in [-0.15, -0.1) is 0 Å². The van der Waals surface area contributed by atoms with Crippen LogP contribution in [0.3, 0.4) is 0 Å². The molecule has 0 saturated carbocycles. The first-order chi connectivity index (χ1) is 9.17. The second-order valence-corrected chi connectivity index (χ2v) is 7.81. The Morgan fingerprint density at radius 2 is 1.32 bits per heavy atom. The third-order valence-corrected chi connectivity index (χ3v) is 4.76. The van der Waals surface area contributed by atoms with Crippen molar-refractivity contribution in [2.45, 2.75) is 48.0 Å². The number of halogens is 2. The summed E-state index contributed by atoms with van der Waals surface area (Å²) >= 11 is 0. The first-order valence-electron chi connectivity index (χ1n) is 7.45. The van der Waals surface area contributed by atoms with Gasteiger partial charge >= 0.3 is 0 Å². The predicted molar refractivity (Wildman–Crippen MR) is 83.5 cm³/mol. The molecule has 0 radical (unpaired) electrons. The summed E-state index contributed by atoms with van der Waals surface area (Å²) in [6.07, 6.45) is 12.1. The van der Waals surface area contributed by atoms with Crippen molar-refractivity contribution < 1.29 is 43.3 Å². The lowest BCUT2D eigenvalue weighted by atomic mass is 9.52. The monoisotopic (exact) mass is 430 g/mol. The summed E-state index contributed by atoms with van der Waals surface area (Å²) < 4.78 is 4.27. The van der Waals surface area contributed by atoms with Gasteiger partial charge in [-0.25, -0.2) is 0 Å². The summed E-state index contributed by atoms with van der Waals surface area (Å²) in [5.41, 5.74) is 0.628. The van der Waals surface area contributed by atoms with Crippen LogP contribution in [0.25, 0.3) is 0 Å². The molecule has 4 heteroatoms. The first-order valence-corrected chi connectivity index (χ1v) is 7.45. The van der Waals surface area contributed by atoms with E-state index in [0.717, 1.165) is 6.42 Å². The number of aromatic nitrogens is 1. The molecule has 0 fully saturated rings. The Morgan fingerprint density at radius 1 is 0.818 bits per heavy atom. The average Bonchev–Trinajstić information content (AvgIpc) is 2.37. The van der Waals surface area contributed by atoms with Crippen LogP contribution in [-0.2, 0) is 0 Å². The molecule has 1 aromatic rings. The van der Waals surface area contributed by atoms with Crippen LogP contribution in [-0.4, -0.2) is 10.9 Å². The third kappa shape index (κ3) is 3.88. The lowest BCUT2D eigenvalue weighted by Gasteiger charge is -2.51. The van der Waals surface area contributed by atoms with Gasteiger partial charge in [-0.1, -0.05) is 41.5 Å². The summed E-state index contributed by atoms with van der Waals surface area (Å²) in [4.78, 5) is 0. The topological polar surface area (TPSA) is 6.89 Å². The van der Waals surface area contributed by atoms with Crippen LogP contribution in [0.5, 0.6) is 0 Å². The van der Waals surface area contributed by atoms with Crippen LogP contribution in [0.1, 0.15) is 48.0 Å². The lowest BCUT2D eigenvalue weighted by molar-refractivity contribution is -1.18. The fourth-order valence-corrected chi connectivity index (χ4v) is 3.52. The SMILES string of the molecule is CC(C)(C)C1(C(C)(C)C)C=C[N+]([n+]2ccccc2)=CC1.[Br-].[Br-]. The van der Waals surface area contributed by atoms with E-state index >= 15 is 0 Å². The van der Waals surface area contributed by atoms with Crippen molar-refractivity contribution in [3.8, 4) is 0 Å². The highest BCUT2D eigenvalue weighted by molar-refractivity contribution is 5.55. The van der Waals surface area contributed by atoms with Gasteiger partial charge in [0, 0.05) is 28.7 Å². The molecule has 0 aliphatic carbocycles. The van der Waals surface area contributed by atoms with Crippen LogP contribution in [0.15, 0.2) is 42.9 Å². The van der Waals surface area contributed by atoms with Crippen molar-refractivity contribution in [3.63, 3.8) is 0 Å². The maximum atomic E-state index is 2.41. The highest BCUT2D eigenvalue weighted by atomic mass is 79.9. The fourth-order valence-electron chi connectivity index (χ4n) is 3.52. The Kier molecular flexibility index (Phi) is 7.23. The normalized spacial score (nSPS) is 17.1. The zero-order valence-corrected chi connectivity index (χ0v) is 17.6. The smallest absolute Gasteiger partial charge is 0.242 e. The summed E-state index contributed by atoms with van der Waals surface area (Å²) in [7, 11) is 0. The molecular weight excluding hydrogens is 404 g/mol. The van der Waals surface area contributed by atoms with Gasteiger partial charge < -0.3 is 34.0 Å². The molecule has 0 amide bonds. The Balaban J connectivity index is 0.00000220. The fraction of sp³-hybridized carbons (Fsp3) is 0.556. The molecule has 0 saturated heterocycles. The van der Waals surface area contributed by atoms with Crippen molar-refractivity contribution in [1.82, 2.24) is 0 Å². The van der Waals surface area contributed by atoms with Crippen molar-refractivity contribution in [2.24, 2.45) is 16.2 Å². The maximum absolute atomic E-state index is 2.41. The predicted octanol–water partition coefficient (Wildman–Crippen LogP) is -2.18. The molecule has 0 N–H and O–H groups in total. The van der Waals surface area contributed by atoms with Gasteiger partial charge in [0.2, 0.25) is 24.8 Å². The number of rotatable bonds is 1. The second-order valence-electron chi connectivity index (χ2n) is 7.81. The molecule has 0 spiro atoms. The summed E-state index contributed by atoms with van der Waals surface area (Å²) in [5.74, 6) is 0. The Bertz CT molecular complexity index is 520. The van der Waals surface area contributed by atoms with E-state index in [1.165, 1.54) is 0 Å². The van der Waals surface area contributed by atoms with Gasteiger partial charge in [-0.05, 0) is 23.0 Å². The minimum absolute atomic E-state index is 0. The van der Waals surface area contributed by atoms with Crippen molar-refractivity contribution >= 4 is 6.21 Å². The Morgan fingerprint density at radius 3 is 1.68 bits per heavy atom. The van der Waals surface area contributed by atoms with E-state index < -0.39 is 0 Å². The number of nitrogens with zero attached hydrogens (tertiary/aromatic N) is 2. The van der Waals surface area contributed by atoms with Gasteiger partial charge in [0.15, 0.2) is 0 Å². The van der Waals surface area contributed by atoms with Crippen LogP contribution in [0, 0.1) is 16.2 Å². The first kappa shape index (κ1) is 21.5. The van der Waals surface area contributed by atoms with Gasteiger partial charge in [-0.3, -0.25) is 0 Å². The molecule has 2 nitrogen and oxygen atoms in total. The van der Waals surface area contributed by atoms with E-state index in [1.807, 2.05) is 6.07 Å². The second kappa shape index (κ2) is 7.39. The summed E-state index contributed by atoms with van der Waals surface area (Å²) in [6.45, 7) is 14.1. The molecule has 2 rings (SSSR count). The molecule has 22 heavy (non-hydrogen) atoms. The molecule has 1 aliphatic heterocycles. The van der Waals surface area contributed by atoms with Gasteiger partial charge in [0.1, 0.15) is 0 Å². The molecule has 0 unspecified atom stereocenters. The van der Waals surface area contributed by atoms with E-state index in [-0.39, 0.29) is 50.2 Å². The summed E-state index contributed by atoms with van der Waals surface area (Å²) in [5, 5.41) is 0.